The van der Waals surface area contributed by atoms with Gasteiger partial charge in [-0.25, -0.2) is 9.78 Å². The highest BCUT2D eigenvalue weighted by atomic mass is 16.6. The van der Waals surface area contributed by atoms with Gasteiger partial charge >= 0.3 is 6.09 Å². The van der Waals surface area contributed by atoms with E-state index < -0.39 is 5.60 Å². The number of likely N-dealkylation sites (N-methyl/N-ethyl adjacent to an activating group) is 1. The van der Waals surface area contributed by atoms with Crippen LogP contribution in [0.3, 0.4) is 0 Å². The van der Waals surface area contributed by atoms with Crippen LogP contribution >= 0.6 is 0 Å². The third-order valence-electron chi connectivity index (χ3n) is 4.28. The Morgan fingerprint density at radius 1 is 1.36 bits per heavy atom. The fourth-order valence-corrected chi connectivity index (χ4v) is 3.34. The van der Waals surface area contributed by atoms with Crippen LogP contribution in [0.1, 0.15) is 47.1 Å². The Morgan fingerprint density at radius 2 is 2.04 bits per heavy atom. The summed E-state index contributed by atoms with van der Waals surface area (Å²) in [6, 6.07) is 2.15. The van der Waals surface area contributed by atoms with Crippen molar-refractivity contribution in [2.45, 2.75) is 65.6 Å². The first-order valence-electron chi connectivity index (χ1n) is 9.04. The standard InChI is InChI=1S/C19H32N4O2/c1-13(2)23(18(24)25-19(4,5)6)14(3)12-22(7)16-9-11-21-17-15(16)8-10-20-17/h9,11,13-14H,8,10,12H2,1-7H3,(H,20,21). The number of ether oxygens (including phenoxy) is 1. The molecule has 0 bridgehead atoms. The molecule has 2 rings (SSSR count). The number of pyridine rings is 1. The van der Waals surface area contributed by atoms with Gasteiger partial charge in [0.15, 0.2) is 0 Å². The van der Waals surface area contributed by atoms with Crippen molar-refractivity contribution in [3.05, 3.63) is 17.8 Å². The van der Waals surface area contributed by atoms with Crippen LogP contribution in [0.5, 0.6) is 0 Å². The van der Waals surface area contributed by atoms with Crippen molar-refractivity contribution in [2.24, 2.45) is 0 Å². The van der Waals surface area contributed by atoms with E-state index in [9.17, 15) is 4.79 Å². The third kappa shape index (κ3) is 4.77. The predicted molar refractivity (Wildman–Crippen MR) is 102 cm³/mol. The first kappa shape index (κ1) is 19.3. The van der Waals surface area contributed by atoms with Gasteiger partial charge in [0.25, 0.3) is 0 Å². The van der Waals surface area contributed by atoms with Crippen molar-refractivity contribution in [3.63, 3.8) is 0 Å². The Hall–Kier alpha value is -1.98. The number of hydrogen-bond acceptors (Lipinski definition) is 5. The molecular formula is C19H32N4O2. The maximum atomic E-state index is 12.6. The molecule has 2 heterocycles. The second-order valence-electron chi connectivity index (χ2n) is 8.04. The average Bonchev–Trinajstić information content (AvgIpc) is 2.92. The SMILES string of the molecule is CC(C)N(C(=O)OC(C)(C)C)C(C)CN(C)c1ccnc2c1CCN2. The van der Waals surface area contributed by atoms with Gasteiger partial charge in [0.2, 0.25) is 0 Å². The van der Waals surface area contributed by atoms with E-state index in [0.29, 0.717) is 0 Å². The number of anilines is 2. The molecule has 1 aromatic rings. The van der Waals surface area contributed by atoms with E-state index in [0.717, 1.165) is 25.3 Å². The first-order valence-corrected chi connectivity index (χ1v) is 9.04. The summed E-state index contributed by atoms with van der Waals surface area (Å²) in [7, 11) is 2.07. The highest BCUT2D eigenvalue weighted by molar-refractivity contribution is 5.69. The van der Waals surface area contributed by atoms with Gasteiger partial charge in [-0.05, 0) is 54.0 Å². The van der Waals surface area contributed by atoms with Gasteiger partial charge in [-0.2, -0.15) is 0 Å². The molecule has 1 N–H and O–H groups in total. The van der Waals surface area contributed by atoms with E-state index in [1.165, 1.54) is 11.3 Å². The predicted octanol–water partition coefficient (Wildman–Crippen LogP) is 3.52. The van der Waals surface area contributed by atoms with Crippen LogP contribution in [-0.2, 0) is 11.2 Å². The fraction of sp³-hybridized carbons (Fsp3) is 0.684. The van der Waals surface area contributed by atoms with Gasteiger partial charge in [0.05, 0.1) is 0 Å². The summed E-state index contributed by atoms with van der Waals surface area (Å²) in [5, 5.41) is 3.31. The minimum Gasteiger partial charge on any atom is -0.444 e. The molecule has 6 heteroatoms. The van der Waals surface area contributed by atoms with Crippen molar-refractivity contribution < 1.29 is 9.53 Å². The molecule has 1 aliphatic rings. The lowest BCUT2D eigenvalue weighted by Gasteiger charge is -2.37. The van der Waals surface area contributed by atoms with E-state index in [-0.39, 0.29) is 18.2 Å². The number of hydrogen-bond donors (Lipinski definition) is 1. The van der Waals surface area contributed by atoms with Crippen LogP contribution in [-0.4, -0.2) is 53.8 Å². The van der Waals surface area contributed by atoms with Gasteiger partial charge in [0.1, 0.15) is 11.4 Å². The van der Waals surface area contributed by atoms with E-state index in [2.05, 4.69) is 29.2 Å². The van der Waals surface area contributed by atoms with Crippen LogP contribution < -0.4 is 10.2 Å². The Morgan fingerprint density at radius 3 is 2.64 bits per heavy atom. The maximum absolute atomic E-state index is 12.6. The van der Waals surface area contributed by atoms with Crippen molar-refractivity contribution in [2.75, 3.05) is 30.4 Å². The molecule has 0 saturated carbocycles. The van der Waals surface area contributed by atoms with E-state index >= 15 is 0 Å². The lowest BCUT2D eigenvalue weighted by molar-refractivity contribution is 0.0112. The number of carbonyl (C=O) groups is 1. The summed E-state index contributed by atoms with van der Waals surface area (Å²) in [6.45, 7) is 13.5. The molecule has 0 aliphatic carbocycles. The van der Waals surface area contributed by atoms with Crippen LogP contribution in [0, 0.1) is 0 Å². The summed E-state index contributed by atoms with van der Waals surface area (Å²) in [4.78, 5) is 21.0. The molecule has 25 heavy (non-hydrogen) atoms. The second kappa shape index (κ2) is 7.50. The number of amides is 1. The number of nitrogens with zero attached hydrogens (tertiary/aromatic N) is 3. The van der Waals surface area contributed by atoms with Gasteiger partial charge in [-0.3, -0.25) is 0 Å². The number of carbonyl (C=O) groups excluding carboxylic acids is 1. The summed E-state index contributed by atoms with van der Waals surface area (Å²) < 4.78 is 5.59. The summed E-state index contributed by atoms with van der Waals surface area (Å²) in [5.74, 6) is 0.977. The fourth-order valence-electron chi connectivity index (χ4n) is 3.34. The molecule has 0 fully saturated rings. The largest absolute Gasteiger partial charge is 0.444 e. The Labute approximate surface area is 151 Å². The highest BCUT2D eigenvalue weighted by Gasteiger charge is 2.29. The van der Waals surface area contributed by atoms with Gasteiger partial charge in [-0.15, -0.1) is 0 Å². The quantitative estimate of drug-likeness (QED) is 0.882. The summed E-state index contributed by atoms with van der Waals surface area (Å²) in [6.07, 6.45) is 2.56. The molecule has 1 atom stereocenters. The van der Waals surface area contributed by atoms with Gasteiger partial charge in [-0.1, -0.05) is 0 Å². The van der Waals surface area contributed by atoms with Crippen molar-refractivity contribution >= 4 is 17.6 Å². The van der Waals surface area contributed by atoms with E-state index in [1.807, 2.05) is 51.8 Å². The number of fused-ring (bicyclic) bond motifs is 1. The lowest BCUT2D eigenvalue weighted by Crippen LogP contribution is -2.50. The molecule has 0 saturated heterocycles. The van der Waals surface area contributed by atoms with Crippen molar-refractivity contribution in [1.82, 2.24) is 9.88 Å². The number of nitrogens with one attached hydrogen (secondary N) is 1. The van der Waals surface area contributed by atoms with Gasteiger partial charge < -0.3 is 19.9 Å². The summed E-state index contributed by atoms with van der Waals surface area (Å²) in [5.41, 5.74) is 1.94. The minimum absolute atomic E-state index is 0.0260. The van der Waals surface area contributed by atoms with E-state index in [4.69, 9.17) is 4.74 Å². The normalized spacial score (nSPS) is 14.7. The second-order valence-corrected chi connectivity index (χ2v) is 8.04. The van der Waals surface area contributed by atoms with Crippen molar-refractivity contribution in [3.8, 4) is 0 Å². The highest BCUT2D eigenvalue weighted by Crippen LogP contribution is 2.29. The van der Waals surface area contributed by atoms with Gasteiger partial charge in [0, 0.05) is 49.7 Å². The lowest BCUT2D eigenvalue weighted by atomic mass is 10.1. The maximum Gasteiger partial charge on any atom is 0.410 e. The Balaban J connectivity index is 2.11. The van der Waals surface area contributed by atoms with Crippen LogP contribution in [0.4, 0.5) is 16.3 Å². The van der Waals surface area contributed by atoms with Crippen LogP contribution in [0.15, 0.2) is 12.3 Å². The third-order valence-corrected chi connectivity index (χ3v) is 4.28. The molecule has 1 aromatic heterocycles. The van der Waals surface area contributed by atoms with Crippen LogP contribution in [0.2, 0.25) is 0 Å². The number of aromatic nitrogens is 1. The zero-order valence-electron chi connectivity index (χ0n) is 16.6. The first-order chi connectivity index (χ1) is 11.6. The summed E-state index contributed by atoms with van der Waals surface area (Å²) >= 11 is 0. The Bertz CT molecular complexity index is 610. The molecule has 140 valence electrons. The molecule has 0 aromatic carbocycles. The number of rotatable bonds is 5. The average molecular weight is 348 g/mol. The molecular weight excluding hydrogens is 316 g/mol. The molecule has 6 nitrogen and oxygen atoms in total. The zero-order valence-corrected chi connectivity index (χ0v) is 16.6. The molecule has 1 aliphatic heterocycles. The zero-order chi connectivity index (χ0) is 18.8. The molecule has 1 unspecified atom stereocenters. The van der Waals surface area contributed by atoms with E-state index in [1.54, 1.807) is 0 Å². The minimum atomic E-state index is -0.493. The molecule has 1 amide bonds. The molecule has 0 spiro atoms. The Kier molecular flexibility index (Phi) is 5.80. The smallest absolute Gasteiger partial charge is 0.410 e. The van der Waals surface area contributed by atoms with Crippen LogP contribution in [0.25, 0.3) is 0 Å². The molecule has 0 radical (unpaired) electrons. The monoisotopic (exact) mass is 348 g/mol. The van der Waals surface area contributed by atoms with Crippen molar-refractivity contribution in [1.29, 1.82) is 0 Å². The topological polar surface area (TPSA) is 57.7 Å².